The third kappa shape index (κ3) is 5.71. The summed E-state index contributed by atoms with van der Waals surface area (Å²) in [5.41, 5.74) is 2.22. The molecule has 0 fully saturated rings. The molecule has 0 bridgehead atoms. The number of nitrogens with one attached hydrogen (secondary N) is 1. The summed E-state index contributed by atoms with van der Waals surface area (Å²) >= 11 is 0. The van der Waals surface area contributed by atoms with Gasteiger partial charge in [-0.2, -0.15) is 0 Å². The molecule has 5 heteroatoms. The Kier molecular flexibility index (Phi) is 6.11. The van der Waals surface area contributed by atoms with Crippen molar-refractivity contribution in [1.82, 2.24) is 10.2 Å². The number of para-hydroxylation sites is 1. The summed E-state index contributed by atoms with van der Waals surface area (Å²) in [5.74, 6) is -0.682. The molecule has 0 aliphatic rings. The van der Waals surface area contributed by atoms with Gasteiger partial charge in [-0.25, -0.2) is 4.39 Å². The Labute approximate surface area is 135 Å². The van der Waals surface area contributed by atoms with Crippen molar-refractivity contribution in [2.75, 3.05) is 20.7 Å². The summed E-state index contributed by atoms with van der Waals surface area (Å²) in [7, 11) is 4.04. The topological polar surface area (TPSA) is 41.6 Å². The first-order valence-electron chi connectivity index (χ1n) is 7.41. The van der Waals surface area contributed by atoms with Gasteiger partial charge in [0.05, 0.1) is 0 Å². The van der Waals surface area contributed by atoms with E-state index in [0.717, 1.165) is 12.1 Å². The zero-order valence-corrected chi connectivity index (χ0v) is 13.4. The summed E-state index contributed by atoms with van der Waals surface area (Å²) in [6.45, 7) is 1.09. The van der Waals surface area contributed by atoms with E-state index in [1.807, 2.05) is 38.4 Å². The molecule has 0 saturated carbocycles. The van der Waals surface area contributed by atoms with E-state index in [0.29, 0.717) is 6.54 Å². The van der Waals surface area contributed by atoms with Crippen molar-refractivity contribution in [1.29, 1.82) is 0 Å². The van der Waals surface area contributed by atoms with Gasteiger partial charge in [-0.15, -0.1) is 0 Å². The van der Waals surface area contributed by atoms with Crippen LogP contribution >= 0.6 is 0 Å². The zero-order chi connectivity index (χ0) is 16.7. The summed E-state index contributed by atoms with van der Waals surface area (Å²) < 4.78 is 18.5. The van der Waals surface area contributed by atoms with Gasteiger partial charge in [0.15, 0.2) is 18.2 Å². The molecule has 122 valence electrons. The predicted octanol–water partition coefficient (Wildman–Crippen LogP) is 2.58. The molecule has 23 heavy (non-hydrogen) atoms. The number of hydrogen-bond donors (Lipinski definition) is 1. The molecule has 0 heterocycles. The lowest BCUT2D eigenvalue weighted by molar-refractivity contribution is -0.123. The average Bonchev–Trinajstić information content (AvgIpc) is 2.53. The smallest absolute Gasteiger partial charge is 0.258 e. The van der Waals surface area contributed by atoms with Crippen LogP contribution in [0.5, 0.6) is 5.75 Å². The van der Waals surface area contributed by atoms with Gasteiger partial charge in [-0.1, -0.05) is 36.4 Å². The minimum absolute atomic E-state index is 0.0793. The second-order valence-electron chi connectivity index (χ2n) is 5.55. The predicted molar refractivity (Wildman–Crippen MR) is 87.6 cm³/mol. The molecule has 2 aromatic carbocycles. The van der Waals surface area contributed by atoms with E-state index in [1.165, 1.54) is 17.7 Å². The molecule has 4 nitrogen and oxygen atoms in total. The molecule has 1 N–H and O–H groups in total. The standard InChI is InChI=1S/C18H21FN2O2/c1-21(2)12-15-9-7-14(8-10-15)11-20-18(22)13-23-17-6-4-3-5-16(17)19/h3-10H,11-13H2,1-2H3,(H,20,22). The highest BCUT2D eigenvalue weighted by molar-refractivity contribution is 5.77. The highest BCUT2D eigenvalue weighted by Crippen LogP contribution is 2.14. The van der Waals surface area contributed by atoms with Crippen LogP contribution in [-0.2, 0) is 17.9 Å². The molecule has 0 aliphatic carbocycles. The Hall–Kier alpha value is -2.40. The lowest BCUT2D eigenvalue weighted by atomic mass is 10.1. The molecule has 0 aliphatic heterocycles. The van der Waals surface area contributed by atoms with Crippen LogP contribution in [0.2, 0.25) is 0 Å². The molecular weight excluding hydrogens is 295 g/mol. The van der Waals surface area contributed by atoms with Crippen LogP contribution in [0.15, 0.2) is 48.5 Å². The minimum atomic E-state index is -0.475. The van der Waals surface area contributed by atoms with Crippen molar-refractivity contribution in [2.24, 2.45) is 0 Å². The monoisotopic (exact) mass is 316 g/mol. The van der Waals surface area contributed by atoms with Crippen molar-refractivity contribution in [3.05, 3.63) is 65.5 Å². The lowest BCUT2D eigenvalue weighted by Gasteiger charge is -2.11. The van der Waals surface area contributed by atoms with Gasteiger partial charge in [-0.3, -0.25) is 4.79 Å². The molecule has 0 spiro atoms. The normalized spacial score (nSPS) is 10.6. The van der Waals surface area contributed by atoms with Gasteiger partial charge in [-0.05, 0) is 37.4 Å². The molecule has 1 amide bonds. The Morgan fingerprint density at radius 2 is 1.74 bits per heavy atom. The van der Waals surface area contributed by atoms with E-state index in [-0.39, 0.29) is 18.3 Å². The van der Waals surface area contributed by atoms with Crippen LogP contribution in [0.1, 0.15) is 11.1 Å². The minimum Gasteiger partial charge on any atom is -0.481 e. The fourth-order valence-corrected chi connectivity index (χ4v) is 2.08. The molecule has 2 aromatic rings. The first-order chi connectivity index (χ1) is 11.0. The maximum atomic E-state index is 13.4. The van der Waals surface area contributed by atoms with E-state index < -0.39 is 5.82 Å². The Morgan fingerprint density at radius 3 is 2.39 bits per heavy atom. The van der Waals surface area contributed by atoms with Gasteiger partial charge < -0.3 is 15.0 Å². The second-order valence-corrected chi connectivity index (χ2v) is 5.55. The van der Waals surface area contributed by atoms with Crippen molar-refractivity contribution >= 4 is 5.91 Å². The number of hydrogen-bond acceptors (Lipinski definition) is 3. The second kappa shape index (κ2) is 8.29. The van der Waals surface area contributed by atoms with Crippen LogP contribution in [0, 0.1) is 5.82 Å². The number of halogens is 1. The highest BCUT2D eigenvalue weighted by atomic mass is 19.1. The number of carbonyl (C=O) groups is 1. The Morgan fingerprint density at radius 1 is 1.09 bits per heavy atom. The quantitative estimate of drug-likeness (QED) is 0.854. The number of ether oxygens (including phenoxy) is 1. The largest absolute Gasteiger partial charge is 0.481 e. The molecule has 0 atom stereocenters. The van der Waals surface area contributed by atoms with E-state index >= 15 is 0 Å². The fraction of sp³-hybridized carbons (Fsp3) is 0.278. The molecule has 0 radical (unpaired) electrons. The lowest BCUT2D eigenvalue weighted by Crippen LogP contribution is -2.28. The Balaban J connectivity index is 1.77. The third-order valence-corrected chi connectivity index (χ3v) is 3.21. The molecule has 2 rings (SSSR count). The highest BCUT2D eigenvalue weighted by Gasteiger charge is 2.06. The third-order valence-electron chi connectivity index (χ3n) is 3.21. The van der Waals surface area contributed by atoms with Crippen molar-refractivity contribution in [3.8, 4) is 5.75 Å². The van der Waals surface area contributed by atoms with Gasteiger partial charge in [0.25, 0.3) is 5.91 Å². The van der Waals surface area contributed by atoms with Crippen molar-refractivity contribution in [3.63, 3.8) is 0 Å². The van der Waals surface area contributed by atoms with Gasteiger partial charge in [0, 0.05) is 13.1 Å². The maximum Gasteiger partial charge on any atom is 0.258 e. The number of benzene rings is 2. The SMILES string of the molecule is CN(C)Cc1ccc(CNC(=O)COc2ccccc2F)cc1. The number of amides is 1. The summed E-state index contributed by atoms with van der Waals surface area (Å²) in [6, 6.07) is 14.1. The molecule has 0 aromatic heterocycles. The molecule has 0 saturated heterocycles. The summed E-state index contributed by atoms with van der Waals surface area (Å²) in [6.07, 6.45) is 0. The van der Waals surface area contributed by atoms with Crippen LogP contribution in [-0.4, -0.2) is 31.5 Å². The van der Waals surface area contributed by atoms with Crippen molar-refractivity contribution < 1.29 is 13.9 Å². The Bertz CT molecular complexity index is 642. The van der Waals surface area contributed by atoms with Gasteiger partial charge >= 0.3 is 0 Å². The number of carbonyl (C=O) groups excluding carboxylic acids is 1. The van der Waals surface area contributed by atoms with E-state index in [9.17, 15) is 9.18 Å². The van der Waals surface area contributed by atoms with E-state index in [4.69, 9.17) is 4.74 Å². The average molecular weight is 316 g/mol. The first kappa shape index (κ1) is 17.0. The van der Waals surface area contributed by atoms with E-state index in [1.54, 1.807) is 12.1 Å². The summed E-state index contributed by atoms with van der Waals surface area (Å²) in [5, 5.41) is 2.75. The molecular formula is C18H21FN2O2. The first-order valence-corrected chi connectivity index (χ1v) is 7.41. The van der Waals surface area contributed by atoms with Crippen LogP contribution in [0.25, 0.3) is 0 Å². The van der Waals surface area contributed by atoms with Crippen LogP contribution < -0.4 is 10.1 Å². The van der Waals surface area contributed by atoms with Crippen molar-refractivity contribution in [2.45, 2.75) is 13.1 Å². The zero-order valence-electron chi connectivity index (χ0n) is 13.4. The van der Waals surface area contributed by atoms with E-state index in [2.05, 4.69) is 10.2 Å². The van der Waals surface area contributed by atoms with Gasteiger partial charge in [0.1, 0.15) is 0 Å². The van der Waals surface area contributed by atoms with Crippen LogP contribution in [0.4, 0.5) is 4.39 Å². The number of rotatable bonds is 7. The molecule has 0 unspecified atom stereocenters. The summed E-state index contributed by atoms with van der Waals surface area (Å²) in [4.78, 5) is 13.8. The maximum absolute atomic E-state index is 13.4. The van der Waals surface area contributed by atoms with Gasteiger partial charge in [0.2, 0.25) is 0 Å². The fourth-order valence-electron chi connectivity index (χ4n) is 2.08. The number of nitrogens with zero attached hydrogens (tertiary/aromatic N) is 1. The van der Waals surface area contributed by atoms with Crippen LogP contribution in [0.3, 0.4) is 0 Å².